The molecule has 0 saturated carbocycles. The second-order valence-corrected chi connectivity index (χ2v) is 19.2. The minimum absolute atomic E-state index is 0.0487. The van der Waals surface area contributed by atoms with Crippen LogP contribution in [-0.2, 0) is 32.7 Å². The average molecular weight is 940 g/mol. The van der Waals surface area contributed by atoms with Crippen LogP contribution in [0, 0.1) is 0 Å². The molecule has 0 aromatic heterocycles. The first-order valence-corrected chi connectivity index (χ1v) is 27.1. The van der Waals surface area contributed by atoms with Gasteiger partial charge in [-0.2, -0.15) is 0 Å². The van der Waals surface area contributed by atoms with E-state index in [1.807, 2.05) is 27.2 Å². The molecule has 376 valence electrons. The Morgan fingerprint density at radius 3 is 1.33 bits per heavy atom. The monoisotopic (exact) mass is 940 g/mol. The smallest absolute Gasteiger partial charge is 0.306 e. The lowest BCUT2D eigenvalue weighted by Crippen LogP contribution is -2.37. The molecule has 0 bridgehead atoms. The maximum atomic E-state index is 12.7. The standard InChI is InChI=1S/C56H94NO8P/c1-6-8-10-12-14-16-18-20-22-24-26-27-28-29-31-33-35-37-39-41-43-45-47-49-56(59)65-54(53-64-66(60,61)63-51-50-57(3,4)5)52-62-55(58)48-46-44-42-40-38-36-34-32-30-25-23-21-19-17-15-13-11-9-7-2/h8,10,14-17,20-23,26-27,29,31,35,37,41,43,54H,6-7,9,11-13,18-19,24-25,28,30,32-34,36,38-40,42,44-53H2,1-5H3/b10-8-,16-14-,17-15-,22-20-,23-21-,27-26-,31-29-,37-35-,43-41-. The Kier molecular flexibility index (Phi) is 44.4. The first-order chi connectivity index (χ1) is 32.0. The second-order valence-electron chi connectivity index (χ2n) is 17.8. The Labute approximate surface area is 404 Å². The lowest BCUT2D eigenvalue weighted by molar-refractivity contribution is -0.870. The van der Waals surface area contributed by atoms with Gasteiger partial charge in [-0.3, -0.25) is 14.2 Å². The lowest BCUT2D eigenvalue weighted by Gasteiger charge is -2.28. The van der Waals surface area contributed by atoms with Gasteiger partial charge in [0.2, 0.25) is 0 Å². The molecule has 0 heterocycles. The minimum atomic E-state index is -4.66. The number of unbranched alkanes of at least 4 members (excludes halogenated alkanes) is 13. The molecule has 0 rings (SSSR count). The van der Waals surface area contributed by atoms with E-state index in [9.17, 15) is 19.0 Å². The van der Waals surface area contributed by atoms with E-state index < -0.39 is 32.5 Å². The number of hydrogen-bond donors (Lipinski definition) is 0. The zero-order valence-corrected chi connectivity index (χ0v) is 43.2. The van der Waals surface area contributed by atoms with Crippen molar-refractivity contribution in [2.24, 2.45) is 0 Å². The highest BCUT2D eigenvalue weighted by atomic mass is 31.2. The number of phosphoric ester groups is 1. The Bertz CT molecular complexity index is 1480. The predicted molar refractivity (Wildman–Crippen MR) is 277 cm³/mol. The summed E-state index contributed by atoms with van der Waals surface area (Å²) < 4.78 is 34.0. The average Bonchev–Trinajstić information content (AvgIpc) is 3.27. The highest BCUT2D eigenvalue weighted by molar-refractivity contribution is 7.45. The Hall–Kier alpha value is -3.33. The van der Waals surface area contributed by atoms with Crippen LogP contribution in [0.3, 0.4) is 0 Å². The molecule has 0 radical (unpaired) electrons. The molecule has 0 fully saturated rings. The zero-order chi connectivity index (χ0) is 48.5. The molecule has 2 atom stereocenters. The van der Waals surface area contributed by atoms with Crippen molar-refractivity contribution < 1.29 is 42.1 Å². The van der Waals surface area contributed by atoms with Crippen molar-refractivity contribution in [2.75, 3.05) is 47.5 Å². The Morgan fingerprint density at radius 2 is 0.879 bits per heavy atom. The van der Waals surface area contributed by atoms with Gasteiger partial charge >= 0.3 is 11.9 Å². The van der Waals surface area contributed by atoms with Crippen molar-refractivity contribution >= 4 is 19.8 Å². The van der Waals surface area contributed by atoms with E-state index >= 15 is 0 Å². The van der Waals surface area contributed by atoms with Crippen molar-refractivity contribution in [3.8, 4) is 0 Å². The van der Waals surface area contributed by atoms with Gasteiger partial charge in [0.15, 0.2) is 6.10 Å². The molecule has 0 aliphatic heterocycles. The molecule has 0 spiro atoms. The number of hydrogen-bond acceptors (Lipinski definition) is 8. The zero-order valence-electron chi connectivity index (χ0n) is 42.3. The van der Waals surface area contributed by atoms with Gasteiger partial charge < -0.3 is 27.9 Å². The molecular formula is C56H94NO8P. The summed E-state index contributed by atoms with van der Waals surface area (Å²) in [5.74, 6) is -0.917. The maximum Gasteiger partial charge on any atom is 0.306 e. The summed E-state index contributed by atoms with van der Waals surface area (Å²) in [6, 6.07) is 0. The SMILES string of the molecule is CC/C=C\C/C=C\C/C=C\C/C=C\C/C=C\C/C=C\C/C=C\CCCC(=O)OC(COC(=O)CCCCCCCCCCC/C=C\C/C=C\CCCCC)COP(=O)([O-])OCC[N+](C)(C)C. The van der Waals surface area contributed by atoms with E-state index in [2.05, 4.69) is 117 Å². The third-order valence-corrected chi connectivity index (χ3v) is 11.2. The van der Waals surface area contributed by atoms with Gasteiger partial charge in [0, 0.05) is 12.8 Å². The van der Waals surface area contributed by atoms with Gasteiger partial charge in [0.05, 0.1) is 27.7 Å². The number of rotatable bonds is 45. The first kappa shape index (κ1) is 62.7. The van der Waals surface area contributed by atoms with Crippen LogP contribution < -0.4 is 4.89 Å². The fourth-order valence-electron chi connectivity index (χ4n) is 6.32. The van der Waals surface area contributed by atoms with Crippen LogP contribution in [0.4, 0.5) is 0 Å². The van der Waals surface area contributed by atoms with Crippen LogP contribution in [0.15, 0.2) is 109 Å². The molecular weight excluding hydrogens is 846 g/mol. The quantitative estimate of drug-likeness (QED) is 0.0195. The summed E-state index contributed by atoms with van der Waals surface area (Å²) in [6.45, 7) is 4.01. The van der Waals surface area contributed by atoms with Gasteiger partial charge in [-0.1, -0.05) is 181 Å². The summed E-state index contributed by atoms with van der Waals surface area (Å²) >= 11 is 0. The molecule has 0 saturated heterocycles. The second kappa shape index (κ2) is 46.8. The molecule has 9 nitrogen and oxygen atoms in total. The Balaban J connectivity index is 4.41. The third-order valence-electron chi connectivity index (χ3n) is 10.3. The molecule has 0 aromatic carbocycles. The largest absolute Gasteiger partial charge is 0.756 e. The highest BCUT2D eigenvalue weighted by Crippen LogP contribution is 2.38. The molecule has 2 unspecified atom stereocenters. The van der Waals surface area contributed by atoms with Crippen molar-refractivity contribution in [3.05, 3.63) is 109 Å². The topological polar surface area (TPSA) is 111 Å². The maximum absolute atomic E-state index is 12.7. The van der Waals surface area contributed by atoms with Crippen LogP contribution in [0.5, 0.6) is 0 Å². The van der Waals surface area contributed by atoms with Crippen molar-refractivity contribution in [2.45, 2.75) is 187 Å². The number of esters is 2. The van der Waals surface area contributed by atoms with Crippen LogP contribution in [0.2, 0.25) is 0 Å². The number of carbonyl (C=O) groups is 2. The van der Waals surface area contributed by atoms with E-state index in [-0.39, 0.29) is 26.1 Å². The van der Waals surface area contributed by atoms with E-state index in [0.29, 0.717) is 30.3 Å². The Morgan fingerprint density at radius 1 is 0.485 bits per heavy atom. The van der Waals surface area contributed by atoms with Gasteiger partial charge in [0.1, 0.15) is 19.8 Å². The number of carbonyl (C=O) groups excluding carboxylic acids is 2. The molecule has 0 amide bonds. The minimum Gasteiger partial charge on any atom is -0.756 e. The summed E-state index contributed by atoms with van der Waals surface area (Å²) in [5, 5.41) is 0. The van der Waals surface area contributed by atoms with Crippen LogP contribution in [0.25, 0.3) is 0 Å². The normalized spacial score (nSPS) is 14.3. The molecule has 0 aromatic rings. The van der Waals surface area contributed by atoms with Crippen LogP contribution in [-0.4, -0.2) is 70.0 Å². The molecule has 10 heteroatoms. The fourth-order valence-corrected chi connectivity index (χ4v) is 7.05. The first-order valence-electron chi connectivity index (χ1n) is 25.6. The fraction of sp³-hybridized carbons (Fsp3) is 0.643. The molecule has 0 aliphatic carbocycles. The van der Waals surface area contributed by atoms with Crippen LogP contribution >= 0.6 is 7.82 Å². The van der Waals surface area contributed by atoms with E-state index in [1.54, 1.807) is 0 Å². The number of likely N-dealkylation sites (N-methyl/N-ethyl adjacent to an activating group) is 1. The molecule has 66 heavy (non-hydrogen) atoms. The summed E-state index contributed by atoms with van der Waals surface area (Å²) in [4.78, 5) is 37.7. The number of nitrogens with zero attached hydrogens (tertiary/aromatic N) is 1. The number of ether oxygens (including phenoxy) is 2. The third kappa shape index (κ3) is 50.1. The van der Waals surface area contributed by atoms with Gasteiger partial charge in [-0.25, -0.2) is 0 Å². The number of quaternary nitrogens is 1. The lowest BCUT2D eigenvalue weighted by atomic mass is 10.1. The van der Waals surface area contributed by atoms with E-state index in [1.165, 1.54) is 57.8 Å². The van der Waals surface area contributed by atoms with Gasteiger partial charge in [-0.05, 0) is 96.3 Å². The number of allylic oxidation sites excluding steroid dienone is 18. The van der Waals surface area contributed by atoms with E-state index in [0.717, 1.165) is 77.0 Å². The summed E-state index contributed by atoms with van der Waals surface area (Å²) in [5.41, 5.74) is 0. The van der Waals surface area contributed by atoms with Crippen molar-refractivity contribution in [3.63, 3.8) is 0 Å². The highest BCUT2D eigenvalue weighted by Gasteiger charge is 2.21. The molecule has 0 N–H and O–H groups in total. The van der Waals surface area contributed by atoms with Crippen molar-refractivity contribution in [1.29, 1.82) is 0 Å². The van der Waals surface area contributed by atoms with E-state index in [4.69, 9.17) is 18.5 Å². The predicted octanol–water partition coefficient (Wildman–Crippen LogP) is 14.8. The van der Waals surface area contributed by atoms with Gasteiger partial charge in [-0.15, -0.1) is 0 Å². The summed E-state index contributed by atoms with van der Waals surface area (Å²) in [6.07, 6.45) is 64.1. The molecule has 0 aliphatic rings. The summed E-state index contributed by atoms with van der Waals surface area (Å²) in [7, 11) is 1.11. The number of phosphoric acid groups is 1. The van der Waals surface area contributed by atoms with Crippen LogP contribution in [0.1, 0.15) is 181 Å². The van der Waals surface area contributed by atoms with Crippen molar-refractivity contribution in [1.82, 2.24) is 0 Å². The van der Waals surface area contributed by atoms with Gasteiger partial charge in [0.25, 0.3) is 7.82 Å².